The summed E-state index contributed by atoms with van der Waals surface area (Å²) in [5.41, 5.74) is 14.6. The number of terminal acetylenes is 1. The van der Waals surface area contributed by atoms with Crippen LogP contribution in [0.15, 0.2) is 127 Å². The molecule has 3 nitrogen and oxygen atoms in total. The fourth-order valence-corrected chi connectivity index (χ4v) is 7.50. The molecule has 3 heteroatoms. The van der Waals surface area contributed by atoms with Crippen molar-refractivity contribution in [3.63, 3.8) is 0 Å². The number of benzene rings is 5. The summed E-state index contributed by atoms with van der Waals surface area (Å²) in [5, 5.41) is 3.85. The molecule has 5 aromatic carbocycles. The van der Waals surface area contributed by atoms with Crippen LogP contribution in [0.4, 0.5) is 0 Å². The summed E-state index contributed by atoms with van der Waals surface area (Å²) >= 11 is 0. The molecule has 216 valence electrons. The van der Waals surface area contributed by atoms with Crippen molar-refractivity contribution in [3.8, 4) is 29.3 Å². The van der Waals surface area contributed by atoms with Gasteiger partial charge in [-0.15, -0.1) is 6.42 Å². The lowest BCUT2D eigenvalue weighted by Crippen LogP contribution is -2.11. The maximum atomic E-state index is 5.82. The molecule has 7 aromatic rings. The topological polar surface area (TPSA) is 30.7 Å². The second-order valence-electron chi connectivity index (χ2n) is 12.1. The Labute approximate surface area is 267 Å². The van der Waals surface area contributed by atoms with Gasteiger partial charge in [0.1, 0.15) is 5.69 Å². The summed E-state index contributed by atoms with van der Waals surface area (Å²) in [6.07, 6.45) is 14.1. The van der Waals surface area contributed by atoms with Gasteiger partial charge < -0.3 is 0 Å². The van der Waals surface area contributed by atoms with E-state index in [1.54, 1.807) is 0 Å². The number of para-hydroxylation sites is 2. The van der Waals surface area contributed by atoms with Gasteiger partial charge in [0.2, 0.25) is 0 Å². The van der Waals surface area contributed by atoms with Crippen molar-refractivity contribution in [1.82, 2.24) is 14.5 Å². The van der Waals surface area contributed by atoms with Crippen LogP contribution in [-0.4, -0.2) is 14.5 Å². The predicted molar refractivity (Wildman–Crippen MR) is 192 cm³/mol. The molecule has 2 heterocycles. The number of hydrogen-bond donors (Lipinski definition) is 0. The van der Waals surface area contributed by atoms with Crippen LogP contribution in [0.3, 0.4) is 0 Å². The summed E-state index contributed by atoms with van der Waals surface area (Å²) in [6.45, 7) is 2.12. The van der Waals surface area contributed by atoms with Crippen LogP contribution in [-0.2, 0) is 6.42 Å². The van der Waals surface area contributed by atoms with E-state index < -0.39 is 0 Å². The minimum atomic E-state index is 0.846. The molecule has 0 amide bonds. The molecule has 0 bridgehead atoms. The summed E-state index contributed by atoms with van der Waals surface area (Å²) in [7, 11) is 0. The summed E-state index contributed by atoms with van der Waals surface area (Å²) < 4.78 is 2.40. The zero-order valence-corrected chi connectivity index (χ0v) is 25.5. The number of aromatic nitrogens is 3. The number of nitrogens with zero attached hydrogens (tertiary/aromatic N) is 3. The van der Waals surface area contributed by atoms with Crippen LogP contribution in [0.5, 0.6) is 0 Å². The Hall–Kier alpha value is -5.98. The molecule has 0 aliphatic heterocycles. The third-order valence-corrected chi connectivity index (χ3v) is 9.43. The Kier molecular flexibility index (Phi) is 5.91. The molecule has 0 N–H and O–H groups in total. The maximum Gasteiger partial charge on any atom is 0.164 e. The molecule has 0 unspecified atom stereocenters. The van der Waals surface area contributed by atoms with Crippen LogP contribution >= 0.6 is 0 Å². The average molecular weight is 588 g/mol. The Morgan fingerprint density at radius 1 is 0.761 bits per heavy atom. The summed E-state index contributed by atoms with van der Waals surface area (Å²) in [5.74, 6) is 3.59. The van der Waals surface area contributed by atoms with Crippen LogP contribution in [0.1, 0.15) is 41.4 Å². The van der Waals surface area contributed by atoms with E-state index in [9.17, 15) is 0 Å². The molecule has 0 radical (unpaired) electrons. The zero-order chi connectivity index (χ0) is 30.8. The number of allylic oxidation sites excluding steroid dienone is 5. The third-order valence-electron chi connectivity index (χ3n) is 9.43. The number of hydrogen-bond acceptors (Lipinski definition) is 2. The SMILES string of the molecule is C#C/C=C(\C=C(/C)c1nc2ccccc2nc1-n1c2c3c4c5c(cccc5ccc41)-c1ccccc1C3=CCC2)c1ccccc1. The van der Waals surface area contributed by atoms with Crippen molar-refractivity contribution in [2.45, 2.75) is 19.8 Å². The van der Waals surface area contributed by atoms with Crippen molar-refractivity contribution in [3.05, 3.63) is 156 Å². The first-order chi connectivity index (χ1) is 22.7. The van der Waals surface area contributed by atoms with Gasteiger partial charge in [0.05, 0.1) is 16.6 Å². The van der Waals surface area contributed by atoms with Crippen molar-refractivity contribution < 1.29 is 0 Å². The van der Waals surface area contributed by atoms with Crippen LogP contribution in [0, 0.1) is 12.3 Å². The largest absolute Gasteiger partial charge is 0.296 e. The summed E-state index contributed by atoms with van der Waals surface area (Å²) in [4.78, 5) is 10.7. The van der Waals surface area contributed by atoms with Crippen LogP contribution < -0.4 is 0 Å². The highest BCUT2D eigenvalue weighted by atomic mass is 15.1. The van der Waals surface area contributed by atoms with Crippen molar-refractivity contribution in [2.24, 2.45) is 0 Å². The van der Waals surface area contributed by atoms with Gasteiger partial charge in [0, 0.05) is 16.6 Å². The lowest BCUT2D eigenvalue weighted by Gasteiger charge is -2.20. The number of rotatable bonds is 4. The van der Waals surface area contributed by atoms with Gasteiger partial charge in [-0.25, -0.2) is 9.97 Å². The van der Waals surface area contributed by atoms with E-state index in [1.807, 2.05) is 42.5 Å². The van der Waals surface area contributed by atoms with Crippen molar-refractivity contribution in [2.75, 3.05) is 0 Å². The molecule has 2 aliphatic rings. The van der Waals surface area contributed by atoms with Gasteiger partial charge in [-0.1, -0.05) is 103 Å². The molecule has 2 aromatic heterocycles. The molecule has 0 saturated heterocycles. The average Bonchev–Trinajstić information content (AvgIpc) is 3.39. The highest BCUT2D eigenvalue weighted by molar-refractivity contribution is 6.22. The lowest BCUT2D eigenvalue weighted by molar-refractivity contribution is 0.864. The van der Waals surface area contributed by atoms with E-state index in [4.69, 9.17) is 16.4 Å². The first-order valence-corrected chi connectivity index (χ1v) is 15.8. The number of fused-ring (bicyclic) bond motifs is 4. The Balaban J connectivity index is 1.39. The van der Waals surface area contributed by atoms with Gasteiger partial charge in [0.15, 0.2) is 5.82 Å². The molecular formula is C43H29N3. The van der Waals surface area contributed by atoms with Crippen molar-refractivity contribution >= 4 is 49.4 Å². The smallest absolute Gasteiger partial charge is 0.164 e. The molecule has 0 fully saturated rings. The van der Waals surface area contributed by atoms with E-state index >= 15 is 0 Å². The van der Waals surface area contributed by atoms with E-state index in [1.165, 1.54) is 49.7 Å². The molecule has 0 spiro atoms. The minimum Gasteiger partial charge on any atom is -0.296 e. The standard InChI is InChI=1S/C43H29N3/c1-3-13-30(28-14-5-4-6-15-28)26-27(2)42-43(45-36-22-10-9-21-35(36)44-42)46-37-23-12-20-34-32-18-8-7-17-31(32)33-19-11-16-29-24-25-38(46)41(39(29)33)40(34)37/h1,4-11,13-22,24-26H,12,23H2,2H3/b27-26+,30-13+. The monoisotopic (exact) mass is 587 g/mol. The fraction of sp³-hybridized carbons (Fsp3) is 0.0698. The van der Waals surface area contributed by atoms with Crippen molar-refractivity contribution in [1.29, 1.82) is 0 Å². The first kappa shape index (κ1) is 26.4. The molecule has 9 rings (SSSR count). The highest BCUT2D eigenvalue weighted by Crippen LogP contribution is 2.50. The van der Waals surface area contributed by atoms with E-state index in [-0.39, 0.29) is 0 Å². The second-order valence-corrected chi connectivity index (χ2v) is 12.1. The third kappa shape index (κ3) is 3.87. The van der Waals surface area contributed by atoms with Gasteiger partial charge in [-0.05, 0) is 99.9 Å². The lowest BCUT2D eigenvalue weighted by atomic mass is 9.88. The predicted octanol–water partition coefficient (Wildman–Crippen LogP) is 10.2. The molecule has 2 aliphatic carbocycles. The zero-order valence-electron chi connectivity index (χ0n) is 25.5. The van der Waals surface area contributed by atoms with Gasteiger partial charge in [-0.2, -0.15) is 0 Å². The Morgan fingerprint density at radius 2 is 1.50 bits per heavy atom. The molecule has 0 saturated carbocycles. The molecule has 0 atom stereocenters. The van der Waals surface area contributed by atoms with E-state index in [0.717, 1.165) is 57.6 Å². The second kappa shape index (κ2) is 10.3. The quantitative estimate of drug-likeness (QED) is 0.152. The van der Waals surface area contributed by atoms with Gasteiger partial charge >= 0.3 is 0 Å². The highest BCUT2D eigenvalue weighted by Gasteiger charge is 2.31. The molecule has 46 heavy (non-hydrogen) atoms. The van der Waals surface area contributed by atoms with E-state index in [2.05, 4.69) is 102 Å². The fourth-order valence-electron chi connectivity index (χ4n) is 7.50. The van der Waals surface area contributed by atoms with Gasteiger partial charge in [-0.3, -0.25) is 4.57 Å². The Bertz CT molecular complexity index is 2530. The van der Waals surface area contributed by atoms with Crippen LogP contribution in [0.25, 0.3) is 66.4 Å². The van der Waals surface area contributed by atoms with E-state index in [0.29, 0.717) is 0 Å². The minimum absolute atomic E-state index is 0.846. The first-order valence-electron chi connectivity index (χ1n) is 15.8. The Morgan fingerprint density at radius 3 is 2.33 bits per heavy atom. The van der Waals surface area contributed by atoms with Gasteiger partial charge in [0.25, 0.3) is 0 Å². The van der Waals surface area contributed by atoms with Crippen LogP contribution in [0.2, 0.25) is 0 Å². The molecular weight excluding hydrogens is 558 g/mol. The summed E-state index contributed by atoms with van der Waals surface area (Å²) in [6, 6.07) is 38.5. The maximum absolute atomic E-state index is 5.82. The normalized spacial score (nSPS) is 14.0.